The van der Waals surface area contributed by atoms with Crippen LogP contribution in [0.3, 0.4) is 0 Å². The molecule has 2 nitrogen and oxygen atoms in total. The van der Waals surface area contributed by atoms with Crippen molar-refractivity contribution >= 4 is 70.6 Å². The molecule has 0 spiro atoms. The largest absolute Gasteiger partial charge is 0.309 e. The van der Waals surface area contributed by atoms with E-state index in [1.165, 1.54) is 104 Å². The van der Waals surface area contributed by atoms with Crippen LogP contribution in [0.1, 0.15) is 25.0 Å². The maximum Gasteiger partial charge on any atom is 0.187 e. The molecule has 0 fully saturated rings. The van der Waals surface area contributed by atoms with Gasteiger partial charge in [-0.3, -0.25) is 0 Å². The van der Waals surface area contributed by atoms with E-state index in [9.17, 15) is 0 Å². The quantitative estimate of drug-likeness (QED) is 0.129. The number of nitrogens with zero attached hydrogens (tertiary/aromatic N) is 2. The predicted molar refractivity (Wildman–Crippen MR) is 220 cm³/mol. The van der Waals surface area contributed by atoms with E-state index in [0.29, 0.717) is 5.69 Å². The van der Waals surface area contributed by atoms with Gasteiger partial charge in [-0.25, -0.2) is 4.85 Å². The first-order valence-corrected chi connectivity index (χ1v) is 18.0. The molecule has 1 heterocycles. The summed E-state index contributed by atoms with van der Waals surface area (Å²) in [6.07, 6.45) is 0. The van der Waals surface area contributed by atoms with E-state index in [0.717, 1.165) is 0 Å². The molecule has 0 saturated carbocycles. The van der Waals surface area contributed by atoms with Gasteiger partial charge in [-0.05, 0) is 119 Å². The van der Waals surface area contributed by atoms with Crippen LogP contribution in [0.25, 0.3) is 97.7 Å². The molecule has 1 aliphatic rings. The summed E-state index contributed by atoms with van der Waals surface area (Å²) in [5.41, 5.74) is 11.6. The lowest BCUT2D eigenvalue weighted by Crippen LogP contribution is -2.15. The molecule has 0 unspecified atom stereocenters. The van der Waals surface area contributed by atoms with Crippen LogP contribution in [-0.4, -0.2) is 4.57 Å². The highest BCUT2D eigenvalue weighted by Crippen LogP contribution is 2.54. The summed E-state index contributed by atoms with van der Waals surface area (Å²) in [5.74, 6) is 0. The fourth-order valence-electron chi connectivity index (χ4n) is 9.32. The number of aromatic nitrogens is 1. The third-order valence-electron chi connectivity index (χ3n) is 11.7. The topological polar surface area (TPSA) is 9.29 Å². The Morgan fingerprint density at radius 2 is 1.08 bits per heavy atom. The Balaban J connectivity index is 1.21. The number of fused-ring (bicyclic) bond motifs is 14. The van der Waals surface area contributed by atoms with E-state index in [1.807, 2.05) is 6.07 Å². The average molecular weight is 661 g/mol. The number of benzene rings is 9. The molecule has 2 heteroatoms. The summed E-state index contributed by atoms with van der Waals surface area (Å²) in [4.78, 5) is 3.78. The van der Waals surface area contributed by atoms with E-state index < -0.39 is 0 Å². The van der Waals surface area contributed by atoms with Gasteiger partial charge in [0.25, 0.3) is 0 Å². The second kappa shape index (κ2) is 10.4. The molecule has 10 aromatic rings. The van der Waals surface area contributed by atoms with Gasteiger partial charge in [0.1, 0.15) is 0 Å². The second-order valence-electron chi connectivity index (χ2n) is 14.8. The molecule has 0 saturated heterocycles. The minimum absolute atomic E-state index is 0.230. The van der Waals surface area contributed by atoms with Crippen LogP contribution in [0.5, 0.6) is 0 Å². The molecular weight excluding hydrogens is 629 g/mol. The van der Waals surface area contributed by atoms with Gasteiger partial charge in [-0.2, -0.15) is 0 Å². The smallest absolute Gasteiger partial charge is 0.187 e. The zero-order valence-corrected chi connectivity index (χ0v) is 28.9. The first-order chi connectivity index (χ1) is 25.5. The summed E-state index contributed by atoms with van der Waals surface area (Å²) in [7, 11) is 0. The molecule has 242 valence electrons. The zero-order valence-electron chi connectivity index (χ0n) is 28.9. The molecule has 0 radical (unpaired) electrons. The van der Waals surface area contributed by atoms with Crippen molar-refractivity contribution in [1.82, 2.24) is 4.57 Å². The maximum absolute atomic E-state index is 7.69. The Kier molecular flexibility index (Phi) is 5.83. The summed E-state index contributed by atoms with van der Waals surface area (Å²) < 4.78 is 2.41. The zero-order chi connectivity index (χ0) is 34.7. The molecule has 0 atom stereocenters. The molecule has 1 aliphatic carbocycles. The van der Waals surface area contributed by atoms with E-state index in [2.05, 4.69) is 175 Å². The van der Waals surface area contributed by atoms with Gasteiger partial charge in [0.05, 0.1) is 17.6 Å². The van der Waals surface area contributed by atoms with E-state index >= 15 is 0 Å². The summed E-state index contributed by atoms with van der Waals surface area (Å²) in [6, 6.07) is 57.9. The lowest BCUT2D eigenvalue weighted by Gasteiger charge is -2.23. The SMILES string of the molecule is [C-]#[N+]c1ccc2c(c1)C(C)(C)c1cc(-c3ccc4c(c3)c3ccccc3c3cc5c6ccccc6n(-c6ccccc6)c5cc43)c3ccccc3c1-2. The Morgan fingerprint density at radius 3 is 1.85 bits per heavy atom. The highest BCUT2D eigenvalue weighted by atomic mass is 15.0. The molecular formula is C50H32N2. The molecule has 0 N–H and O–H groups in total. The van der Waals surface area contributed by atoms with Gasteiger partial charge in [0.15, 0.2) is 5.69 Å². The number of para-hydroxylation sites is 2. The molecule has 52 heavy (non-hydrogen) atoms. The third kappa shape index (κ3) is 3.83. The van der Waals surface area contributed by atoms with Crippen LogP contribution < -0.4 is 0 Å². The number of hydrogen-bond acceptors (Lipinski definition) is 0. The Morgan fingerprint density at radius 1 is 0.442 bits per heavy atom. The van der Waals surface area contributed by atoms with Gasteiger partial charge < -0.3 is 4.57 Å². The number of rotatable bonds is 2. The van der Waals surface area contributed by atoms with Gasteiger partial charge in [0, 0.05) is 21.9 Å². The average Bonchev–Trinajstić information content (AvgIpc) is 3.64. The third-order valence-corrected chi connectivity index (χ3v) is 11.7. The Labute approximate surface area is 301 Å². The highest BCUT2D eigenvalue weighted by Gasteiger charge is 2.37. The van der Waals surface area contributed by atoms with Crippen molar-refractivity contribution in [2.45, 2.75) is 19.3 Å². The van der Waals surface area contributed by atoms with Crippen LogP contribution >= 0.6 is 0 Å². The van der Waals surface area contributed by atoms with Crippen molar-refractivity contribution < 1.29 is 0 Å². The van der Waals surface area contributed by atoms with Crippen LogP contribution in [0.2, 0.25) is 0 Å². The van der Waals surface area contributed by atoms with Crippen molar-refractivity contribution in [3.63, 3.8) is 0 Å². The van der Waals surface area contributed by atoms with Crippen molar-refractivity contribution in [2.75, 3.05) is 0 Å². The fourth-order valence-corrected chi connectivity index (χ4v) is 9.32. The lowest BCUT2D eigenvalue weighted by molar-refractivity contribution is 0.661. The fraction of sp³-hybridized carbons (Fsp3) is 0.0600. The second-order valence-corrected chi connectivity index (χ2v) is 14.8. The maximum atomic E-state index is 7.69. The van der Waals surface area contributed by atoms with Crippen molar-refractivity contribution in [1.29, 1.82) is 0 Å². The standard InChI is InChI=1S/C50H32N2/c1-50(2)45-26-31(51-3)22-24-39(45)49-38-19-10-9-17-35(38)40(28-46(49)50)30-21-23-36-41(25-30)33-15-7-8-16-34(33)42-27-44-37-18-11-12-20-47(37)52(48(44)29-43(36)42)32-13-5-4-6-14-32/h4-29H,1-2H3. The summed E-state index contributed by atoms with van der Waals surface area (Å²) >= 11 is 0. The minimum Gasteiger partial charge on any atom is -0.309 e. The Hall–Kier alpha value is -6.69. The summed E-state index contributed by atoms with van der Waals surface area (Å²) in [6.45, 7) is 12.3. The highest BCUT2D eigenvalue weighted by molar-refractivity contribution is 6.29. The van der Waals surface area contributed by atoms with Crippen LogP contribution in [0.4, 0.5) is 5.69 Å². The minimum atomic E-state index is -0.230. The Bertz CT molecular complexity index is 3210. The van der Waals surface area contributed by atoms with Crippen LogP contribution in [-0.2, 0) is 5.41 Å². The molecule has 0 amide bonds. The molecule has 9 aromatic carbocycles. The number of hydrogen-bond donors (Lipinski definition) is 0. The van der Waals surface area contributed by atoms with Gasteiger partial charge in [-0.15, -0.1) is 0 Å². The van der Waals surface area contributed by atoms with E-state index in [4.69, 9.17) is 6.57 Å². The molecule has 0 bridgehead atoms. The normalized spacial score (nSPS) is 13.3. The molecule has 0 aliphatic heterocycles. The monoisotopic (exact) mass is 660 g/mol. The van der Waals surface area contributed by atoms with Crippen molar-refractivity contribution in [3.05, 3.63) is 180 Å². The lowest BCUT2D eigenvalue weighted by atomic mass is 9.80. The first kappa shape index (κ1) is 29.1. The van der Waals surface area contributed by atoms with Gasteiger partial charge >= 0.3 is 0 Å². The van der Waals surface area contributed by atoms with Crippen molar-refractivity contribution in [3.8, 4) is 27.9 Å². The van der Waals surface area contributed by atoms with E-state index in [-0.39, 0.29) is 5.41 Å². The van der Waals surface area contributed by atoms with Gasteiger partial charge in [0.2, 0.25) is 0 Å². The van der Waals surface area contributed by atoms with Gasteiger partial charge in [-0.1, -0.05) is 129 Å². The van der Waals surface area contributed by atoms with Crippen LogP contribution in [0.15, 0.2) is 158 Å². The van der Waals surface area contributed by atoms with E-state index in [1.54, 1.807) is 0 Å². The van der Waals surface area contributed by atoms with Crippen molar-refractivity contribution in [2.24, 2.45) is 0 Å². The first-order valence-electron chi connectivity index (χ1n) is 18.0. The summed E-state index contributed by atoms with van der Waals surface area (Å²) in [5, 5.41) is 12.6. The van der Waals surface area contributed by atoms with Crippen LogP contribution in [0, 0.1) is 6.57 Å². The predicted octanol–water partition coefficient (Wildman–Crippen LogP) is 13.9. The molecule has 1 aromatic heterocycles. The molecule has 11 rings (SSSR count).